The molecule has 2 N–H and O–H groups in total. The molecule has 3 atom stereocenters. The fraction of sp³-hybridized carbons (Fsp3) is 0.467. The molecular weight excluding hydrogens is 270 g/mol. The van der Waals surface area contributed by atoms with Gasteiger partial charge in [0.15, 0.2) is 0 Å². The van der Waals surface area contributed by atoms with Gasteiger partial charge in [-0.15, -0.1) is 0 Å². The van der Waals surface area contributed by atoms with Crippen molar-refractivity contribution in [1.29, 1.82) is 0 Å². The Morgan fingerprint density at radius 3 is 3.10 bits per heavy atom. The van der Waals surface area contributed by atoms with Crippen molar-refractivity contribution in [1.82, 2.24) is 15.0 Å². The summed E-state index contributed by atoms with van der Waals surface area (Å²) in [5, 5.41) is 7.87. The van der Waals surface area contributed by atoms with Crippen molar-refractivity contribution in [3.05, 3.63) is 29.5 Å². The van der Waals surface area contributed by atoms with Gasteiger partial charge < -0.3 is 10.6 Å². The Balaban J connectivity index is 1.54. The SMILES string of the molecule is Cc1nsc2cc(C(=O)N[C@@H]3C[C@H]4CC[C@@H]3N4)ccc12. The Bertz CT molecular complexity index is 681. The average Bonchev–Trinajstić information content (AvgIpc) is 3.14. The number of carbonyl (C=O) groups excluding carboxylic acids is 1. The Hall–Kier alpha value is -1.46. The fourth-order valence-corrected chi connectivity index (χ4v) is 4.27. The van der Waals surface area contributed by atoms with Crippen LogP contribution >= 0.6 is 11.5 Å². The van der Waals surface area contributed by atoms with E-state index in [1.807, 2.05) is 25.1 Å². The zero-order valence-corrected chi connectivity index (χ0v) is 12.2. The largest absolute Gasteiger partial charge is 0.348 e. The zero-order chi connectivity index (χ0) is 13.7. The number of hydrogen-bond acceptors (Lipinski definition) is 4. The van der Waals surface area contributed by atoms with Gasteiger partial charge in [-0.05, 0) is 49.9 Å². The summed E-state index contributed by atoms with van der Waals surface area (Å²) in [6, 6.07) is 7.23. The Morgan fingerprint density at radius 2 is 2.35 bits per heavy atom. The molecule has 5 heteroatoms. The number of nitrogens with one attached hydrogen (secondary N) is 2. The number of benzene rings is 1. The van der Waals surface area contributed by atoms with Crippen LogP contribution in [-0.2, 0) is 0 Å². The maximum Gasteiger partial charge on any atom is 0.251 e. The van der Waals surface area contributed by atoms with E-state index in [-0.39, 0.29) is 5.91 Å². The van der Waals surface area contributed by atoms with Crippen LogP contribution in [0.15, 0.2) is 18.2 Å². The zero-order valence-electron chi connectivity index (χ0n) is 11.3. The van der Waals surface area contributed by atoms with Crippen LogP contribution in [0.25, 0.3) is 10.1 Å². The summed E-state index contributed by atoms with van der Waals surface area (Å²) in [6.45, 7) is 2.00. The number of hydrogen-bond donors (Lipinski definition) is 2. The third-order valence-corrected chi connectivity index (χ3v) is 5.43. The first kappa shape index (κ1) is 12.3. The first-order chi connectivity index (χ1) is 9.70. The Labute approximate surface area is 121 Å². The molecule has 2 saturated heterocycles. The topological polar surface area (TPSA) is 54.0 Å². The van der Waals surface area contributed by atoms with Crippen LogP contribution in [0.4, 0.5) is 0 Å². The second kappa shape index (κ2) is 4.53. The highest BCUT2D eigenvalue weighted by molar-refractivity contribution is 7.13. The monoisotopic (exact) mass is 287 g/mol. The summed E-state index contributed by atoms with van der Waals surface area (Å²) in [4.78, 5) is 12.4. The van der Waals surface area contributed by atoms with E-state index in [1.165, 1.54) is 24.4 Å². The maximum absolute atomic E-state index is 12.4. The van der Waals surface area contributed by atoms with Crippen LogP contribution in [0.1, 0.15) is 35.3 Å². The molecule has 0 radical (unpaired) electrons. The number of aryl methyl sites for hydroxylation is 1. The van der Waals surface area contributed by atoms with E-state index in [9.17, 15) is 4.79 Å². The van der Waals surface area contributed by atoms with Gasteiger partial charge in [-0.2, -0.15) is 4.37 Å². The number of rotatable bonds is 2. The van der Waals surface area contributed by atoms with E-state index in [4.69, 9.17) is 0 Å². The van der Waals surface area contributed by atoms with Crippen molar-refractivity contribution in [2.75, 3.05) is 0 Å². The number of nitrogens with zero attached hydrogens (tertiary/aromatic N) is 1. The highest BCUT2D eigenvalue weighted by Gasteiger charge is 2.39. The lowest BCUT2D eigenvalue weighted by Crippen LogP contribution is -2.42. The van der Waals surface area contributed by atoms with Gasteiger partial charge in [0, 0.05) is 29.1 Å². The van der Waals surface area contributed by atoms with Crippen LogP contribution < -0.4 is 10.6 Å². The first-order valence-corrected chi connectivity index (χ1v) is 7.91. The van der Waals surface area contributed by atoms with E-state index in [0.717, 1.165) is 27.8 Å². The molecule has 1 aromatic carbocycles. The first-order valence-electron chi connectivity index (χ1n) is 7.13. The molecular formula is C15H17N3OS. The minimum absolute atomic E-state index is 0.0392. The molecule has 1 aromatic heterocycles. The highest BCUT2D eigenvalue weighted by Crippen LogP contribution is 2.29. The predicted octanol–water partition coefficient (Wildman–Crippen LogP) is 2.23. The van der Waals surface area contributed by atoms with Crippen LogP contribution in [0.5, 0.6) is 0 Å². The van der Waals surface area contributed by atoms with E-state index < -0.39 is 0 Å². The highest BCUT2D eigenvalue weighted by atomic mass is 32.1. The molecule has 1 amide bonds. The van der Waals surface area contributed by atoms with Gasteiger partial charge in [-0.3, -0.25) is 4.79 Å². The molecule has 0 unspecified atom stereocenters. The Morgan fingerprint density at radius 1 is 1.45 bits per heavy atom. The van der Waals surface area contributed by atoms with Crippen molar-refractivity contribution in [2.24, 2.45) is 0 Å². The average molecular weight is 287 g/mol. The van der Waals surface area contributed by atoms with E-state index >= 15 is 0 Å². The van der Waals surface area contributed by atoms with Crippen molar-refractivity contribution in [3.63, 3.8) is 0 Å². The molecule has 0 spiro atoms. The van der Waals surface area contributed by atoms with Gasteiger partial charge >= 0.3 is 0 Å². The summed E-state index contributed by atoms with van der Waals surface area (Å²) < 4.78 is 5.42. The van der Waals surface area contributed by atoms with Crippen LogP contribution in [0, 0.1) is 6.92 Å². The smallest absolute Gasteiger partial charge is 0.251 e. The molecule has 2 fully saturated rings. The molecule has 4 rings (SSSR count). The van der Waals surface area contributed by atoms with Crippen molar-refractivity contribution in [2.45, 2.75) is 44.3 Å². The van der Waals surface area contributed by atoms with E-state index in [2.05, 4.69) is 15.0 Å². The van der Waals surface area contributed by atoms with Gasteiger partial charge in [0.25, 0.3) is 5.91 Å². The third kappa shape index (κ3) is 1.93. The second-order valence-corrected chi connectivity index (χ2v) is 6.65. The maximum atomic E-state index is 12.4. The molecule has 2 aliphatic rings. The summed E-state index contributed by atoms with van der Waals surface area (Å²) in [5.41, 5.74) is 1.78. The van der Waals surface area contributed by atoms with Gasteiger partial charge in [0.05, 0.1) is 10.4 Å². The molecule has 4 nitrogen and oxygen atoms in total. The van der Waals surface area contributed by atoms with E-state index in [0.29, 0.717) is 18.1 Å². The van der Waals surface area contributed by atoms with Gasteiger partial charge in [0.1, 0.15) is 0 Å². The van der Waals surface area contributed by atoms with Gasteiger partial charge in [0.2, 0.25) is 0 Å². The van der Waals surface area contributed by atoms with Crippen LogP contribution in [-0.4, -0.2) is 28.4 Å². The fourth-order valence-electron chi connectivity index (χ4n) is 3.44. The Kier molecular flexibility index (Phi) is 2.79. The number of fused-ring (bicyclic) bond motifs is 3. The normalized spacial score (nSPS) is 28.1. The van der Waals surface area contributed by atoms with Gasteiger partial charge in [-0.1, -0.05) is 6.07 Å². The summed E-state index contributed by atoms with van der Waals surface area (Å²) >= 11 is 1.46. The standard InChI is InChI=1S/C15H17N3OS/c1-8-11-4-2-9(6-14(11)20-18-8)15(19)17-13-7-10-3-5-12(13)16-10/h2,4,6,10,12-13,16H,3,5,7H2,1H3,(H,17,19)/t10-,12+,13-/m1/s1. The molecule has 2 bridgehead atoms. The minimum atomic E-state index is 0.0392. The lowest BCUT2D eigenvalue weighted by Gasteiger charge is -2.21. The molecule has 104 valence electrons. The second-order valence-electron chi connectivity index (χ2n) is 5.84. The number of carbonyl (C=O) groups is 1. The number of aromatic nitrogens is 1. The van der Waals surface area contributed by atoms with Gasteiger partial charge in [-0.25, -0.2) is 0 Å². The lowest BCUT2D eigenvalue weighted by molar-refractivity contribution is 0.0931. The lowest BCUT2D eigenvalue weighted by atomic mass is 9.95. The number of amides is 1. The molecule has 2 aliphatic heterocycles. The molecule has 20 heavy (non-hydrogen) atoms. The molecule has 0 aliphatic carbocycles. The molecule has 3 heterocycles. The molecule has 2 aromatic rings. The third-order valence-electron chi connectivity index (χ3n) is 4.53. The summed E-state index contributed by atoms with van der Waals surface area (Å²) in [7, 11) is 0. The van der Waals surface area contributed by atoms with Crippen LogP contribution in [0.3, 0.4) is 0 Å². The minimum Gasteiger partial charge on any atom is -0.348 e. The molecule has 0 saturated carbocycles. The van der Waals surface area contributed by atoms with Crippen LogP contribution in [0.2, 0.25) is 0 Å². The van der Waals surface area contributed by atoms with Crippen molar-refractivity contribution < 1.29 is 4.79 Å². The van der Waals surface area contributed by atoms with E-state index in [1.54, 1.807) is 0 Å². The quantitative estimate of drug-likeness (QED) is 0.890. The van der Waals surface area contributed by atoms with Crippen molar-refractivity contribution in [3.8, 4) is 0 Å². The summed E-state index contributed by atoms with van der Waals surface area (Å²) in [6.07, 6.45) is 3.50. The predicted molar refractivity (Wildman–Crippen MR) is 80.2 cm³/mol. The summed E-state index contributed by atoms with van der Waals surface area (Å²) in [5.74, 6) is 0.0392. The van der Waals surface area contributed by atoms with Crippen molar-refractivity contribution >= 4 is 27.5 Å².